The molecule has 106 valence electrons. The molecule has 1 aromatic heterocycles. The lowest BCUT2D eigenvalue weighted by atomic mass is 10.0. The van der Waals surface area contributed by atoms with Crippen LogP contribution in [0.25, 0.3) is 0 Å². The van der Waals surface area contributed by atoms with Crippen molar-refractivity contribution in [3.05, 3.63) is 21.4 Å². The maximum Gasteiger partial charge on any atom is 0.263 e. The maximum absolute atomic E-state index is 12.6. The van der Waals surface area contributed by atoms with Crippen LogP contribution in [-0.4, -0.2) is 36.3 Å². The van der Waals surface area contributed by atoms with Crippen LogP contribution in [0.2, 0.25) is 0 Å². The predicted molar refractivity (Wildman–Crippen MR) is 74.8 cm³/mol. The monoisotopic (exact) mass is 291 g/mol. The first-order valence-corrected chi connectivity index (χ1v) is 8.05. The average Bonchev–Trinajstić information content (AvgIpc) is 3.13. The summed E-state index contributed by atoms with van der Waals surface area (Å²) in [5, 5.41) is 0. The van der Waals surface area contributed by atoms with E-state index in [-0.39, 0.29) is 11.8 Å². The molecule has 1 aliphatic carbocycles. The summed E-state index contributed by atoms with van der Waals surface area (Å²) in [4.78, 5) is 28.3. The Balaban J connectivity index is 1.53. The van der Waals surface area contributed by atoms with Gasteiger partial charge in [-0.1, -0.05) is 0 Å². The number of carbonyl (C=O) groups is 2. The zero-order chi connectivity index (χ0) is 13.7. The normalized spacial score (nSPS) is 28.6. The molecule has 2 aliphatic heterocycles. The van der Waals surface area contributed by atoms with Crippen molar-refractivity contribution in [2.75, 3.05) is 19.7 Å². The Morgan fingerprint density at radius 1 is 1.35 bits per heavy atom. The zero-order valence-electron chi connectivity index (χ0n) is 11.3. The lowest BCUT2D eigenvalue weighted by Gasteiger charge is -2.15. The van der Waals surface area contributed by atoms with Crippen LogP contribution in [0, 0.1) is 11.8 Å². The van der Waals surface area contributed by atoms with Crippen molar-refractivity contribution in [2.24, 2.45) is 11.8 Å². The van der Waals surface area contributed by atoms with Gasteiger partial charge in [0.15, 0.2) is 0 Å². The first kappa shape index (κ1) is 12.5. The van der Waals surface area contributed by atoms with E-state index in [0.717, 1.165) is 30.9 Å². The highest BCUT2D eigenvalue weighted by atomic mass is 32.1. The molecule has 0 radical (unpaired) electrons. The quantitative estimate of drug-likeness (QED) is 0.793. The molecule has 4 nitrogen and oxygen atoms in total. The number of rotatable bonds is 1. The number of ketones is 1. The molecule has 2 atom stereocenters. The number of hydrogen-bond acceptors (Lipinski definition) is 4. The third-order valence-electron chi connectivity index (χ3n) is 4.74. The molecule has 1 aromatic rings. The van der Waals surface area contributed by atoms with Crippen molar-refractivity contribution < 1.29 is 14.3 Å². The van der Waals surface area contributed by atoms with E-state index in [1.165, 1.54) is 10.4 Å². The van der Waals surface area contributed by atoms with Crippen LogP contribution >= 0.6 is 11.3 Å². The summed E-state index contributed by atoms with van der Waals surface area (Å²) >= 11 is 1.60. The van der Waals surface area contributed by atoms with Gasteiger partial charge in [-0.15, -0.1) is 11.3 Å². The number of likely N-dealkylation sites (tertiary alicyclic amines) is 1. The highest BCUT2D eigenvalue weighted by Gasteiger charge is 2.43. The zero-order valence-corrected chi connectivity index (χ0v) is 12.1. The van der Waals surface area contributed by atoms with Crippen LogP contribution in [0.3, 0.4) is 0 Å². The summed E-state index contributed by atoms with van der Waals surface area (Å²) in [5.41, 5.74) is 1.17. The Labute approximate surface area is 121 Å². The number of nitrogens with zero attached hydrogens (tertiary/aromatic N) is 1. The Morgan fingerprint density at radius 3 is 3.05 bits per heavy atom. The fourth-order valence-electron chi connectivity index (χ4n) is 3.62. The highest BCUT2D eigenvalue weighted by molar-refractivity contribution is 7.14. The van der Waals surface area contributed by atoms with E-state index < -0.39 is 0 Å². The van der Waals surface area contributed by atoms with Crippen LogP contribution in [0.1, 0.15) is 33.0 Å². The number of carbonyl (C=O) groups excluding carboxylic acids is 2. The minimum Gasteiger partial charge on any atom is -0.376 e. The summed E-state index contributed by atoms with van der Waals surface area (Å²) in [6.07, 6.45) is 2.58. The fourth-order valence-corrected chi connectivity index (χ4v) is 4.73. The molecule has 0 aromatic carbocycles. The molecule has 20 heavy (non-hydrogen) atoms. The maximum atomic E-state index is 12.6. The largest absolute Gasteiger partial charge is 0.376 e. The van der Waals surface area contributed by atoms with Crippen molar-refractivity contribution in [3.63, 3.8) is 0 Å². The van der Waals surface area contributed by atoms with Crippen molar-refractivity contribution in [1.82, 2.24) is 4.90 Å². The SMILES string of the molecule is O=C1CCC2CN(C(=O)c3cc4c(s3)CCOC4)CC12. The van der Waals surface area contributed by atoms with Gasteiger partial charge in [0.1, 0.15) is 5.78 Å². The number of Topliss-reactive ketones (excluding diaryl/α,β-unsaturated/α-hetero) is 1. The minimum atomic E-state index is 0.103. The van der Waals surface area contributed by atoms with Gasteiger partial charge in [0.05, 0.1) is 18.1 Å². The van der Waals surface area contributed by atoms with E-state index in [0.29, 0.717) is 31.3 Å². The first-order valence-electron chi connectivity index (χ1n) is 7.23. The van der Waals surface area contributed by atoms with Crippen LogP contribution in [0.4, 0.5) is 0 Å². The Kier molecular flexibility index (Phi) is 2.93. The van der Waals surface area contributed by atoms with E-state index in [1.54, 1.807) is 11.3 Å². The first-order chi connectivity index (χ1) is 9.72. The smallest absolute Gasteiger partial charge is 0.263 e. The second-order valence-corrected chi connectivity index (χ2v) is 7.08. The van der Waals surface area contributed by atoms with Gasteiger partial charge in [0, 0.05) is 36.7 Å². The van der Waals surface area contributed by atoms with Crippen LogP contribution in [0.5, 0.6) is 0 Å². The Hall–Kier alpha value is -1.20. The molecule has 1 saturated carbocycles. The summed E-state index contributed by atoms with van der Waals surface area (Å²) in [6.45, 7) is 2.77. The van der Waals surface area contributed by atoms with Crippen LogP contribution in [0.15, 0.2) is 6.07 Å². The van der Waals surface area contributed by atoms with Gasteiger partial charge in [-0.25, -0.2) is 0 Å². The summed E-state index contributed by atoms with van der Waals surface area (Å²) < 4.78 is 5.43. The molecule has 3 heterocycles. The molecule has 2 unspecified atom stereocenters. The van der Waals surface area contributed by atoms with Crippen molar-refractivity contribution in [1.29, 1.82) is 0 Å². The lowest BCUT2D eigenvalue weighted by molar-refractivity contribution is -0.120. The second kappa shape index (κ2) is 4.67. The topological polar surface area (TPSA) is 46.6 Å². The molecule has 0 spiro atoms. The van der Waals surface area contributed by atoms with Crippen molar-refractivity contribution in [2.45, 2.75) is 25.9 Å². The van der Waals surface area contributed by atoms with Gasteiger partial charge in [0.25, 0.3) is 5.91 Å². The summed E-state index contributed by atoms with van der Waals surface area (Å²) in [5.74, 6) is 0.969. The van der Waals surface area contributed by atoms with Crippen molar-refractivity contribution in [3.8, 4) is 0 Å². The number of fused-ring (bicyclic) bond motifs is 2. The molecule has 5 heteroatoms. The third kappa shape index (κ3) is 1.91. The molecule has 1 saturated heterocycles. The lowest BCUT2D eigenvalue weighted by Crippen LogP contribution is -2.29. The minimum absolute atomic E-state index is 0.103. The van der Waals surface area contributed by atoms with Gasteiger partial charge in [-0.2, -0.15) is 0 Å². The molecular weight excluding hydrogens is 274 g/mol. The van der Waals surface area contributed by atoms with E-state index in [1.807, 2.05) is 11.0 Å². The standard InChI is InChI=1S/C15H17NO3S/c17-12-2-1-9-6-16(7-11(9)12)15(18)14-5-10-8-19-4-3-13(10)20-14/h5,9,11H,1-4,6-8H2. The Morgan fingerprint density at radius 2 is 2.25 bits per heavy atom. The molecular formula is C15H17NO3S. The molecule has 4 rings (SSSR count). The second-order valence-electron chi connectivity index (χ2n) is 5.94. The fraction of sp³-hybridized carbons (Fsp3) is 0.600. The van der Waals surface area contributed by atoms with Gasteiger partial charge in [-0.3, -0.25) is 9.59 Å². The van der Waals surface area contributed by atoms with Gasteiger partial charge >= 0.3 is 0 Å². The molecule has 3 aliphatic rings. The van der Waals surface area contributed by atoms with E-state index in [9.17, 15) is 9.59 Å². The molecule has 0 N–H and O–H groups in total. The van der Waals surface area contributed by atoms with Crippen LogP contribution in [-0.2, 0) is 22.6 Å². The van der Waals surface area contributed by atoms with Gasteiger partial charge < -0.3 is 9.64 Å². The van der Waals surface area contributed by atoms with Crippen molar-refractivity contribution >= 4 is 23.0 Å². The third-order valence-corrected chi connectivity index (χ3v) is 5.97. The average molecular weight is 291 g/mol. The van der Waals surface area contributed by atoms with E-state index in [4.69, 9.17) is 4.74 Å². The number of ether oxygens (including phenoxy) is 1. The number of amides is 1. The number of hydrogen-bond donors (Lipinski definition) is 0. The summed E-state index contributed by atoms with van der Waals surface area (Å²) in [6, 6.07) is 1.98. The van der Waals surface area contributed by atoms with E-state index >= 15 is 0 Å². The highest BCUT2D eigenvalue weighted by Crippen LogP contribution is 2.37. The van der Waals surface area contributed by atoms with Crippen LogP contribution < -0.4 is 0 Å². The molecule has 0 bridgehead atoms. The molecule has 2 fully saturated rings. The predicted octanol–water partition coefficient (Wildman–Crippen LogP) is 1.87. The van der Waals surface area contributed by atoms with Gasteiger partial charge in [-0.05, 0) is 24.0 Å². The molecule has 1 amide bonds. The number of thiophene rings is 1. The van der Waals surface area contributed by atoms with E-state index in [2.05, 4.69) is 0 Å². The summed E-state index contributed by atoms with van der Waals surface area (Å²) in [7, 11) is 0. The Bertz CT molecular complexity index is 556. The van der Waals surface area contributed by atoms with Gasteiger partial charge in [0.2, 0.25) is 0 Å².